The predicted octanol–water partition coefficient (Wildman–Crippen LogP) is 1.80. The van der Waals surface area contributed by atoms with Gasteiger partial charge in [-0.3, -0.25) is 0 Å². The van der Waals surface area contributed by atoms with Crippen LogP contribution in [0.5, 0.6) is 0 Å². The summed E-state index contributed by atoms with van der Waals surface area (Å²) in [5.41, 5.74) is 0. The van der Waals surface area contributed by atoms with Gasteiger partial charge in [0, 0.05) is 12.8 Å². The standard InChI is InChI=1S/C16H31N2O.C5H11NO2.Na/c1-3-5-6-7-8-9-10-11-12-14-18(19)15-13-17-16(18)4-2;1-6(2,3)4-5(7)8;/h13,15,19H,3-12,14H2,1-2H3;4H2,1-3H3;/q+1;;+1/p+1. The molecule has 1 unspecified atom stereocenters. The molecule has 0 radical (unpaired) electrons. The number of aliphatic carboxylic acids is 1. The van der Waals surface area contributed by atoms with Crippen molar-refractivity contribution in [1.29, 1.82) is 0 Å². The molecule has 0 saturated carbocycles. The Kier molecular flexibility index (Phi) is 17.7. The van der Waals surface area contributed by atoms with Crippen molar-refractivity contribution < 1.29 is 53.8 Å². The van der Waals surface area contributed by atoms with Crippen LogP contribution in [0.1, 0.15) is 78.1 Å². The second kappa shape index (κ2) is 16.5. The summed E-state index contributed by atoms with van der Waals surface area (Å²) in [6.45, 7) is 5.26. The Morgan fingerprint density at radius 1 is 1.00 bits per heavy atom. The van der Waals surface area contributed by atoms with Gasteiger partial charge in [-0.2, -0.15) is 0 Å². The van der Waals surface area contributed by atoms with Crippen molar-refractivity contribution >= 4 is 11.8 Å². The van der Waals surface area contributed by atoms with Crippen molar-refractivity contribution in [1.82, 2.24) is 0 Å². The van der Waals surface area contributed by atoms with Crippen LogP contribution in [0.2, 0.25) is 0 Å². The molecular weight excluding hydrogens is 365 g/mol. The molecule has 0 aliphatic carbocycles. The minimum Gasteiger partial charge on any atom is -0.477 e. The van der Waals surface area contributed by atoms with Gasteiger partial charge in [0.2, 0.25) is 5.84 Å². The van der Waals surface area contributed by atoms with Gasteiger partial charge < -0.3 is 9.59 Å². The van der Waals surface area contributed by atoms with Crippen LogP contribution in [0, 0.1) is 0 Å². The van der Waals surface area contributed by atoms with Gasteiger partial charge in [0.05, 0.1) is 27.3 Å². The van der Waals surface area contributed by atoms with E-state index in [4.69, 9.17) is 5.11 Å². The van der Waals surface area contributed by atoms with Crippen molar-refractivity contribution in [2.24, 2.45) is 4.99 Å². The van der Waals surface area contributed by atoms with E-state index in [1.54, 1.807) is 12.4 Å². The van der Waals surface area contributed by atoms with Gasteiger partial charge >= 0.3 is 35.5 Å². The van der Waals surface area contributed by atoms with Crippen LogP contribution in [0.3, 0.4) is 0 Å². The van der Waals surface area contributed by atoms with Gasteiger partial charge in [-0.1, -0.05) is 58.8 Å². The number of carboxylic acids is 1. The molecule has 0 bridgehead atoms. The van der Waals surface area contributed by atoms with Crippen LogP contribution in [-0.4, -0.2) is 65.5 Å². The molecule has 6 nitrogen and oxygen atoms in total. The van der Waals surface area contributed by atoms with Crippen molar-refractivity contribution in [2.45, 2.75) is 78.1 Å². The number of aliphatic imine (C=N–C) groups is 1. The molecule has 7 heteroatoms. The number of likely N-dealkylation sites (N-methyl/N-ethyl adjacent to an activating group) is 1. The quantitative estimate of drug-likeness (QED) is 0.277. The van der Waals surface area contributed by atoms with E-state index in [0.29, 0.717) is 4.48 Å². The van der Waals surface area contributed by atoms with E-state index in [9.17, 15) is 10.0 Å². The Hall–Kier alpha value is -0.240. The van der Waals surface area contributed by atoms with E-state index >= 15 is 0 Å². The molecule has 1 atom stereocenters. The minimum atomic E-state index is -0.752. The topological polar surface area (TPSA) is 69.9 Å². The molecule has 1 rings (SSSR count). The third-order valence-electron chi connectivity index (χ3n) is 4.51. The molecule has 158 valence electrons. The van der Waals surface area contributed by atoms with Crippen molar-refractivity contribution in [3.63, 3.8) is 0 Å². The molecule has 0 amide bonds. The number of unbranched alkanes of at least 4 members (excludes halogenated alkanes) is 8. The summed E-state index contributed by atoms with van der Waals surface area (Å²) >= 11 is 0. The second-order valence-corrected chi connectivity index (χ2v) is 8.42. The third kappa shape index (κ3) is 15.7. The van der Waals surface area contributed by atoms with Crippen LogP contribution in [-0.2, 0) is 4.79 Å². The van der Waals surface area contributed by atoms with Crippen LogP contribution < -0.4 is 29.6 Å². The van der Waals surface area contributed by atoms with Gasteiger partial charge in [-0.05, 0) is 6.42 Å². The van der Waals surface area contributed by atoms with E-state index in [0.717, 1.165) is 25.2 Å². The molecule has 0 fully saturated rings. The van der Waals surface area contributed by atoms with Crippen LogP contribution in [0.4, 0.5) is 0 Å². The average Bonchev–Trinajstić information content (AvgIpc) is 2.92. The SMILES string of the molecule is CCCCCCCCCCC[N+]1(O)C=CN=C1CC.C[N+](C)(C)CC(=O)O.[Na+]. The molecule has 0 spiro atoms. The van der Waals surface area contributed by atoms with E-state index in [-0.39, 0.29) is 40.7 Å². The molecule has 0 aromatic carbocycles. The molecule has 0 aromatic heterocycles. The number of nitrogens with zero attached hydrogens (tertiary/aromatic N) is 3. The van der Waals surface area contributed by atoms with Gasteiger partial charge in [0.15, 0.2) is 12.7 Å². The maximum Gasteiger partial charge on any atom is 1.00 e. The zero-order chi connectivity index (χ0) is 20.8. The number of hydrogen-bond donors (Lipinski definition) is 2. The first-order valence-corrected chi connectivity index (χ1v) is 10.5. The fraction of sp³-hybridized carbons (Fsp3) is 0.810. The summed E-state index contributed by atoms with van der Waals surface area (Å²) in [5.74, 6) is 0.122. The fourth-order valence-corrected chi connectivity index (χ4v) is 3.05. The molecule has 1 aliphatic rings. The zero-order valence-electron chi connectivity index (χ0n) is 19.3. The first kappa shape index (κ1) is 30.0. The Morgan fingerprint density at radius 3 is 1.89 bits per heavy atom. The largest absolute Gasteiger partial charge is 1.00 e. The number of quaternary nitrogens is 2. The van der Waals surface area contributed by atoms with Crippen LogP contribution >= 0.6 is 0 Å². The number of carboxylic acid groups (broad SMARTS) is 1. The third-order valence-corrected chi connectivity index (χ3v) is 4.51. The Balaban J connectivity index is 0. The monoisotopic (exact) mass is 408 g/mol. The summed E-state index contributed by atoms with van der Waals surface area (Å²) < 4.78 is 0.433. The predicted molar refractivity (Wildman–Crippen MR) is 112 cm³/mol. The first-order chi connectivity index (χ1) is 12.6. The van der Waals surface area contributed by atoms with E-state index in [1.165, 1.54) is 51.4 Å². The van der Waals surface area contributed by atoms with Gasteiger partial charge in [-0.15, -0.1) is 4.65 Å². The summed E-state index contributed by atoms with van der Waals surface area (Å²) in [5, 5.41) is 18.6. The molecule has 0 saturated heterocycles. The average molecular weight is 409 g/mol. The summed E-state index contributed by atoms with van der Waals surface area (Å²) in [6, 6.07) is 0. The minimum absolute atomic E-state index is 0. The first-order valence-electron chi connectivity index (χ1n) is 10.5. The second-order valence-electron chi connectivity index (χ2n) is 8.42. The maximum atomic E-state index is 10.4. The van der Waals surface area contributed by atoms with Crippen molar-refractivity contribution in [2.75, 3.05) is 34.2 Å². The normalized spacial score (nSPS) is 18.1. The van der Waals surface area contributed by atoms with Gasteiger partial charge in [0.1, 0.15) is 6.54 Å². The molecular formula is C21H43N3NaO3+3. The van der Waals surface area contributed by atoms with E-state index < -0.39 is 5.97 Å². The Bertz CT molecular complexity index is 476. The number of amidine groups is 1. The molecule has 1 heterocycles. The smallest absolute Gasteiger partial charge is 0.477 e. The summed E-state index contributed by atoms with van der Waals surface area (Å²) in [6.07, 6.45) is 16.2. The van der Waals surface area contributed by atoms with Gasteiger partial charge in [-0.25, -0.2) is 15.0 Å². The maximum absolute atomic E-state index is 10.4. The summed E-state index contributed by atoms with van der Waals surface area (Å²) in [4.78, 5) is 14.2. The van der Waals surface area contributed by atoms with Gasteiger partial charge in [0.25, 0.3) is 0 Å². The van der Waals surface area contributed by atoms with Crippen LogP contribution in [0.15, 0.2) is 17.4 Å². The number of carbonyl (C=O) groups is 1. The molecule has 1 aliphatic heterocycles. The molecule has 0 aromatic rings. The van der Waals surface area contributed by atoms with Crippen molar-refractivity contribution in [3.05, 3.63) is 12.4 Å². The zero-order valence-corrected chi connectivity index (χ0v) is 21.3. The Labute approximate surface area is 194 Å². The van der Waals surface area contributed by atoms with E-state index in [1.807, 2.05) is 28.1 Å². The number of hydrogen-bond acceptors (Lipinski definition) is 3. The Morgan fingerprint density at radius 2 is 1.50 bits per heavy atom. The van der Waals surface area contributed by atoms with E-state index in [2.05, 4.69) is 11.9 Å². The number of hydroxylamine groups is 3. The van der Waals surface area contributed by atoms with Crippen LogP contribution in [0.25, 0.3) is 0 Å². The molecule has 28 heavy (non-hydrogen) atoms. The number of rotatable bonds is 13. The van der Waals surface area contributed by atoms with Crippen molar-refractivity contribution in [3.8, 4) is 0 Å². The molecule has 2 N–H and O–H groups in total. The fourth-order valence-electron chi connectivity index (χ4n) is 3.05. The summed E-state index contributed by atoms with van der Waals surface area (Å²) in [7, 11) is 5.52.